The molecule has 3 rings (SSSR count). The lowest BCUT2D eigenvalue weighted by molar-refractivity contribution is -0.120. The van der Waals surface area contributed by atoms with Gasteiger partial charge in [-0.2, -0.15) is 5.10 Å². The lowest BCUT2D eigenvalue weighted by Gasteiger charge is -2.07. The summed E-state index contributed by atoms with van der Waals surface area (Å²) in [5.74, 6) is 0.585. The zero-order valence-electron chi connectivity index (χ0n) is 16.0. The molecule has 3 aromatic rings. The van der Waals surface area contributed by atoms with E-state index in [0.717, 1.165) is 27.3 Å². The number of hydrogen-bond acceptors (Lipinski definition) is 4. The molecule has 29 heavy (non-hydrogen) atoms. The van der Waals surface area contributed by atoms with E-state index in [1.807, 2.05) is 79.1 Å². The molecule has 0 unspecified atom stereocenters. The molecule has 0 saturated heterocycles. The van der Waals surface area contributed by atoms with Gasteiger partial charge in [-0.25, -0.2) is 5.43 Å². The van der Waals surface area contributed by atoms with Gasteiger partial charge in [-0.15, -0.1) is 11.8 Å². The van der Waals surface area contributed by atoms with Crippen LogP contribution in [0.1, 0.15) is 16.7 Å². The number of benzene rings is 3. The maximum Gasteiger partial charge on any atom is 0.244 e. The minimum Gasteiger partial charge on any atom is -0.489 e. The van der Waals surface area contributed by atoms with Gasteiger partial charge in [0, 0.05) is 9.92 Å². The summed E-state index contributed by atoms with van der Waals surface area (Å²) in [6.45, 7) is 0.520. The third-order valence-corrected chi connectivity index (χ3v) is 5.20. The van der Waals surface area contributed by atoms with Crippen LogP contribution in [0.15, 0.2) is 82.8 Å². The Bertz CT molecular complexity index is 976. The van der Waals surface area contributed by atoms with E-state index in [0.29, 0.717) is 11.6 Å². The van der Waals surface area contributed by atoms with Crippen LogP contribution in [0.5, 0.6) is 5.75 Å². The van der Waals surface area contributed by atoms with Crippen molar-refractivity contribution in [3.05, 3.63) is 94.5 Å². The van der Waals surface area contributed by atoms with Crippen molar-refractivity contribution in [2.75, 3.05) is 6.26 Å². The van der Waals surface area contributed by atoms with Crippen molar-refractivity contribution in [1.82, 2.24) is 5.43 Å². The molecule has 148 valence electrons. The first-order chi connectivity index (χ1) is 14.1. The van der Waals surface area contributed by atoms with Crippen molar-refractivity contribution in [2.24, 2.45) is 5.10 Å². The van der Waals surface area contributed by atoms with Crippen LogP contribution < -0.4 is 10.2 Å². The summed E-state index contributed by atoms with van der Waals surface area (Å²) < 4.78 is 5.76. The molecular formula is C23H21ClN2O2S. The monoisotopic (exact) mass is 424 g/mol. The van der Waals surface area contributed by atoms with Gasteiger partial charge in [0.15, 0.2) is 0 Å². The molecular weight excluding hydrogens is 404 g/mol. The van der Waals surface area contributed by atoms with Gasteiger partial charge in [-0.05, 0) is 65.4 Å². The average molecular weight is 425 g/mol. The largest absolute Gasteiger partial charge is 0.489 e. The van der Waals surface area contributed by atoms with Gasteiger partial charge >= 0.3 is 0 Å². The molecule has 0 bridgehead atoms. The first-order valence-electron chi connectivity index (χ1n) is 9.05. The number of rotatable bonds is 8. The summed E-state index contributed by atoms with van der Waals surface area (Å²) >= 11 is 7.61. The molecule has 3 aromatic carbocycles. The Morgan fingerprint density at radius 2 is 1.86 bits per heavy atom. The number of amides is 1. The van der Waals surface area contributed by atoms with Gasteiger partial charge < -0.3 is 4.74 Å². The van der Waals surface area contributed by atoms with Crippen LogP contribution in [0.25, 0.3) is 0 Å². The number of nitrogens with zero attached hydrogens (tertiary/aromatic N) is 1. The van der Waals surface area contributed by atoms with Gasteiger partial charge in [-0.3, -0.25) is 4.79 Å². The number of halogens is 1. The van der Waals surface area contributed by atoms with E-state index >= 15 is 0 Å². The summed E-state index contributed by atoms with van der Waals surface area (Å²) in [6, 6.07) is 23.1. The molecule has 0 aliphatic rings. The Hall–Kier alpha value is -2.76. The summed E-state index contributed by atoms with van der Waals surface area (Å²) in [4.78, 5) is 13.2. The van der Waals surface area contributed by atoms with Crippen molar-refractivity contribution in [2.45, 2.75) is 17.9 Å². The van der Waals surface area contributed by atoms with E-state index < -0.39 is 0 Å². The van der Waals surface area contributed by atoms with Crippen LogP contribution >= 0.6 is 23.4 Å². The number of hydrogen-bond donors (Lipinski definition) is 1. The predicted molar refractivity (Wildman–Crippen MR) is 120 cm³/mol. The van der Waals surface area contributed by atoms with Gasteiger partial charge in [0.05, 0.1) is 12.6 Å². The van der Waals surface area contributed by atoms with E-state index in [4.69, 9.17) is 16.3 Å². The zero-order chi connectivity index (χ0) is 20.5. The highest BCUT2D eigenvalue weighted by atomic mass is 35.5. The van der Waals surface area contributed by atoms with Gasteiger partial charge in [0.1, 0.15) is 12.4 Å². The van der Waals surface area contributed by atoms with Crippen LogP contribution in [0, 0.1) is 0 Å². The lowest BCUT2D eigenvalue weighted by atomic mass is 10.1. The first-order valence-corrected chi connectivity index (χ1v) is 10.7. The molecule has 0 radical (unpaired) electrons. The molecule has 1 N–H and O–H groups in total. The summed E-state index contributed by atoms with van der Waals surface area (Å²) in [5.41, 5.74) is 5.43. The van der Waals surface area contributed by atoms with E-state index in [9.17, 15) is 4.79 Å². The normalized spacial score (nSPS) is 10.8. The molecule has 4 nitrogen and oxygen atoms in total. The van der Waals surface area contributed by atoms with Crippen LogP contribution in [0.2, 0.25) is 5.02 Å². The number of nitrogens with one attached hydrogen (secondary N) is 1. The Morgan fingerprint density at radius 1 is 1.10 bits per heavy atom. The summed E-state index contributed by atoms with van der Waals surface area (Å²) in [5, 5.41) is 4.65. The average Bonchev–Trinajstić information content (AvgIpc) is 2.74. The predicted octanol–water partition coefficient (Wildman–Crippen LogP) is 5.33. The van der Waals surface area contributed by atoms with Crippen LogP contribution in [0.4, 0.5) is 0 Å². The highest BCUT2D eigenvalue weighted by Gasteiger charge is 2.08. The van der Waals surface area contributed by atoms with E-state index in [2.05, 4.69) is 10.5 Å². The molecule has 0 aromatic heterocycles. The maximum atomic E-state index is 12.2. The topological polar surface area (TPSA) is 50.7 Å². The Kier molecular flexibility index (Phi) is 7.73. The molecule has 0 fully saturated rings. The number of carbonyl (C=O) groups is 1. The second-order valence-electron chi connectivity index (χ2n) is 6.27. The van der Waals surface area contributed by atoms with E-state index in [1.54, 1.807) is 18.0 Å². The van der Waals surface area contributed by atoms with Crippen LogP contribution in [-0.4, -0.2) is 18.4 Å². The van der Waals surface area contributed by atoms with E-state index in [1.165, 1.54) is 0 Å². The van der Waals surface area contributed by atoms with Crippen molar-refractivity contribution < 1.29 is 9.53 Å². The summed E-state index contributed by atoms with van der Waals surface area (Å²) in [6.07, 6.45) is 3.79. The van der Waals surface area contributed by atoms with Crippen LogP contribution in [-0.2, 0) is 17.8 Å². The van der Waals surface area contributed by atoms with E-state index in [-0.39, 0.29) is 12.3 Å². The first kappa shape index (κ1) is 21.0. The Balaban J connectivity index is 1.50. The van der Waals surface area contributed by atoms with Crippen molar-refractivity contribution in [3.63, 3.8) is 0 Å². The zero-order valence-corrected chi connectivity index (χ0v) is 17.5. The Morgan fingerprint density at radius 3 is 2.59 bits per heavy atom. The second kappa shape index (κ2) is 10.7. The number of ether oxygens (including phenoxy) is 1. The molecule has 0 heterocycles. The maximum absolute atomic E-state index is 12.2. The molecule has 0 spiro atoms. The molecule has 0 aliphatic heterocycles. The molecule has 0 aliphatic carbocycles. The highest BCUT2D eigenvalue weighted by Crippen LogP contribution is 2.24. The third kappa shape index (κ3) is 6.66. The number of carbonyl (C=O) groups excluding carboxylic acids is 1. The number of hydrazone groups is 1. The third-order valence-electron chi connectivity index (χ3n) is 4.12. The summed E-state index contributed by atoms with van der Waals surface area (Å²) in [7, 11) is 0. The molecule has 6 heteroatoms. The van der Waals surface area contributed by atoms with Gasteiger partial charge in [0.2, 0.25) is 5.91 Å². The van der Waals surface area contributed by atoms with Gasteiger partial charge in [0.25, 0.3) is 0 Å². The SMILES string of the molecule is CSc1ccc(Cl)cc1CC(=O)N/N=C\c1ccc(OCc2ccccc2)cc1. The fourth-order valence-corrected chi connectivity index (χ4v) is 3.46. The fraction of sp³-hybridized carbons (Fsp3) is 0.130. The van der Waals surface area contributed by atoms with Crippen molar-refractivity contribution in [3.8, 4) is 5.75 Å². The minimum atomic E-state index is -0.193. The molecule has 0 atom stereocenters. The minimum absolute atomic E-state index is 0.193. The Labute approximate surface area is 179 Å². The fourth-order valence-electron chi connectivity index (χ4n) is 2.67. The second-order valence-corrected chi connectivity index (χ2v) is 7.55. The molecule has 1 amide bonds. The lowest BCUT2D eigenvalue weighted by Crippen LogP contribution is -2.20. The smallest absolute Gasteiger partial charge is 0.244 e. The van der Waals surface area contributed by atoms with Crippen LogP contribution in [0.3, 0.4) is 0 Å². The van der Waals surface area contributed by atoms with Crippen molar-refractivity contribution in [1.29, 1.82) is 0 Å². The highest BCUT2D eigenvalue weighted by molar-refractivity contribution is 7.98. The van der Waals surface area contributed by atoms with Gasteiger partial charge in [-0.1, -0.05) is 41.9 Å². The standard InChI is InChI=1S/C23H21ClN2O2S/c1-29-22-12-9-20(24)13-19(22)14-23(27)26-25-15-17-7-10-21(11-8-17)28-16-18-5-3-2-4-6-18/h2-13,15H,14,16H2,1H3,(H,26,27)/b25-15-. The number of thioether (sulfide) groups is 1. The molecule has 0 saturated carbocycles. The quantitative estimate of drug-likeness (QED) is 0.302. The van der Waals surface area contributed by atoms with Crippen molar-refractivity contribution >= 4 is 35.5 Å².